The number of aryl methyl sites for hydroxylation is 1. The van der Waals surface area contributed by atoms with Crippen LogP contribution in [0.1, 0.15) is 11.8 Å². The van der Waals surface area contributed by atoms with Gasteiger partial charge in [0, 0.05) is 13.2 Å². The van der Waals surface area contributed by atoms with Crippen molar-refractivity contribution in [3.63, 3.8) is 0 Å². The molecule has 1 fully saturated rings. The summed E-state index contributed by atoms with van der Waals surface area (Å²) >= 11 is 0. The van der Waals surface area contributed by atoms with Gasteiger partial charge in [0.1, 0.15) is 5.69 Å². The fourth-order valence-corrected chi connectivity index (χ4v) is 1.12. The van der Waals surface area contributed by atoms with E-state index in [1.807, 2.05) is 5.32 Å². The maximum atomic E-state index is 11.1. The Morgan fingerprint density at radius 3 is 2.85 bits per heavy atom. The molecule has 1 aromatic rings. The Labute approximate surface area is 73.5 Å². The second-order valence-electron chi connectivity index (χ2n) is 2.74. The number of nitrogens with zero attached hydrogens (tertiary/aromatic N) is 2. The topological polar surface area (TPSA) is 73.2 Å². The van der Waals surface area contributed by atoms with Gasteiger partial charge in [0.15, 0.2) is 0 Å². The lowest BCUT2D eigenvalue weighted by Gasteiger charge is -1.99. The number of ether oxygens (including phenoxy) is 1. The van der Waals surface area contributed by atoms with E-state index in [0.29, 0.717) is 5.69 Å². The van der Waals surface area contributed by atoms with Crippen LogP contribution in [0.3, 0.4) is 0 Å². The van der Waals surface area contributed by atoms with E-state index in [0.717, 1.165) is 0 Å². The molecule has 0 radical (unpaired) electrons. The van der Waals surface area contributed by atoms with Crippen molar-refractivity contribution in [1.82, 2.24) is 14.9 Å². The van der Waals surface area contributed by atoms with E-state index in [2.05, 4.69) is 4.98 Å². The van der Waals surface area contributed by atoms with Crippen LogP contribution in [-0.4, -0.2) is 21.6 Å². The van der Waals surface area contributed by atoms with E-state index in [1.54, 1.807) is 17.8 Å². The molecule has 1 aliphatic heterocycles. The Balaban J connectivity index is 2.27. The molecule has 0 spiro atoms. The van der Waals surface area contributed by atoms with Crippen molar-refractivity contribution in [1.29, 1.82) is 0 Å². The Morgan fingerprint density at radius 2 is 2.38 bits per heavy atom. The van der Waals surface area contributed by atoms with Gasteiger partial charge in [0.25, 0.3) is 5.91 Å². The molecular formula is C7H7N3O3. The van der Waals surface area contributed by atoms with Crippen molar-refractivity contribution in [3.8, 4) is 0 Å². The Morgan fingerprint density at radius 1 is 1.62 bits per heavy atom. The third-order valence-electron chi connectivity index (χ3n) is 1.68. The van der Waals surface area contributed by atoms with Gasteiger partial charge in [-0.15, -0.1) is 0 Å². The number of hydrogen-bond acceptors (Lipinski definition) is 4. The predicted molar refractivity (Wildman–Crippen MR) is 40.6 cm³/mol. The highest BCUT2D eigenvalue weighted by atomic mass is 16.6. The Kier molecular flexibility index (Phi) is 1.54. The van der Waals surface area contributed by atoms with Gasteiger partial charge in [-0.3, -0.25) is 10.1 Å². The number of imide groups is 1. The fourth-order valence-electron chi connectivity index (χ4n) is 1.12. The summed E-state index contributed by atoms with van der Waals surface area (Å²) in [7, 11) is 1.77. The third-order valence-corrected chi connectivity index (χ3v) is 1.68. The van der Waals surface area contributed by atoms with E-state index in [4.69, 9.17) is 4.74 Å². The van der Waals surface area contributed by atoms with Gasteiger partial charge in [-0.1, -0.05) is 0 Å². The highest BCUT2D eigenvalue weighted by molar-refractivity contribution is 6.00. The highest BCUT2D eigenvalue weighted by Gasteiger charge is 2.34. The summed E-state index contributed by atoms with van der Waals surface area (Å²) in [5.74, 6) is -0.469. The van der Waals surface area contributed by atoms with Crippen molar-refractivity contribution in [2.24, 2.45) is 7.05 Å². The number of imidazole rings is 1. The minimum atomic E-state index is -0.895. The van der Waals surface area contributed by atoms with Crippen molar-refractivity contribution >= 4 is 12.0 Å². The molecule has 0 saturated carbocycles. The molecule has 2 amide bonds. The van der Waals surface area contributed by atoms with Crippen molar-refractivity contribution in [2.45, 2.75) is 6.10 Å². The van der Waals surface area contributed by atoms with Crippen LogP contribution in [0.15, 0.2) is 12.5 Å². The van der Waals surface area contributed by atoms with Gasteiger partial charge in [0.05, 0.1) is 6.33 Å². The first-order valence-electron chi connectivity index (χ1n) is 3.66. The summed E-state index contributed by atoms with van der Waals surface area (Å²) in [5, 5.41) is 2.03. The predicted octanol–water partition coefficient (Wildman–Crippen LogP) is -0.272. The van der Waals surface area contributed by atoms with Crippen LogP contribution in [-0.2, 0) is 16.6 Å². The van der Waals surface area contributed by atoms with E-state index in [1.165, 1.54) is 6.33 Å². The van der Waals surface area contributed by atoms with Gasteiger partial charge in [0.2, 0.25) is 6.10 Å². The minimum Gasteiger partial charge on any atom is -0.429 e. The van der Waals surface area contributed by atoms with E-state index in [9.17, 15) is 9.59 Å². The molecule has 13 heavy (non-hydrogen) atoms. The summed E-state index contributed by atoms with van der Waals surface area (Å²) in [6.07, 6.45) is 1.55. The minimum absolute atomic E-state index is 0.436. The van der Waals surface area contributed by atoms with E-state index in [-0.39, 0.29) is 0 Å². The Bertz CT molecular complexity index is 371. The number of carbonyl (C=O) groups excluding carboxylic acids is 2. The molecule has 6 nitrogen and oxygen atoms in total. The lowest BCUT2D eigenvalue weighted by molar-refractivity contribution is -0.123. The van der Waals surface area contributed by atoms with Crippen molar-refractivity contribution in [3.05, 3.63) is 18.2 Å². The molecule has 0 bridgehead atoms. The second-order valence-corrected chi connectivity index (χ2v) is 2.74. The monoisotopic (exact) mass is 181 g/mol. The number of cyclic esters (lactones) is 1. The van der Waals surface area contributed by atoms with Gasteiger partial charge < -0.3 is 9.30 Å². The molecule has 0 aliphatic carbocycles. The first-order chi connectivity index (χ1) is 6.16. The quantitative estimate of drug-likeness (QED) is 0.647. The number of aromatic nitrogens is 2. The zero-order valence-corrected chi connectivity index (χ0v) is 6.85. The summed E-state index contributed by atoms with van der Waals surface area (Å²) in [6, 6.07) is 0. The van der Waals surface area contributed by atoms with Crippen LogP contribution >= 0.6 is 0 Å². The molecule has 68 valence electrons. The molecule has 2 rings (SSSR count). The molecule has 6 heteroatoms. The van der Waals surface area contributed by atoms with Crippen LogP contribution in [0.4, 0.5) is 4.79 Å². The normalized spacial score (nSPS) is 21.5. The zero-order valence-electron chi connectivity index (χ0n) is 6.85. The molecule has 1 N–H and O–H groups in total. The van der Waals surface area contributed by atoms with Gasteiger partial charge in [-0.25, -0.2) is 9.78 Å². The number of rotatable bonds is 1. The molecule has 1 unspecified atom stereocenters. The SMILES string of the molecule is Cn1cnc(C2OC(=O)NC2=O)c1. The van der Waals surface area contributed by atoms with Crippen LogP contribution in [0, 0.1) is 0 Å². The second kappa shape index (κ2) is 2.58. The number of alkyl carbamates (subject to hydrolysis) is 1. The van der Waals surface area contributed by atoms with E-state index < -0.39 is 18.1 Å². The maximum absolute atomic E-state index is 11.1. The average Bonchev–Trinajstić information content (AvgIpc) is 2.58. The summed E-state index contributed by atoms with van der Waals surface area (Å²) < 4.78 is 6.37. The lowest BCUT2D eigenvalue weighted by Crippen LogP contribution is -2.20. The van der Waals surface area contributed by atoms with Crippen LogP contribution in [0.5, 0.6) is 0 Å². The summed E-state index contributed by atoms with van der Waals surface area (Å²) in [4.78, 5) is 25.7. The van der Waals surface area contributed by atoms with Crippen LogP contribution in [0.2, 0.25) is 0 Å². The van der Waals surface area contributed by atoms with Gasteiger partial charge >= 0.3 is 6.09 Å². The molecule has 0 aromatic carbocycles. The van der Waals surface area contributed by atoms with Crippen molar-refractivity contribution < 1.29 is 14.3 Å². The maximum Gasteiger partial charge on any atom is 0.415 e. The van der Waals surface area contributed by atoms with Crippen LogP contribution < -0.4 is 5.32 Å². The smallest absolute Gasteiger partial charge is 0.415 e. The van der Waals surface area contributed by atoms with Crippen LogP contribution in [0.25, 0.3) is 0 Å². The highest BCUT2D eigenvalue weighted by Crippen LogP contribution is 2.19. The lowest BCUT2D eigenvalue weighted by atomic mass is 10.3. The molecule has 1 saturated heterocycles. The first-order valence-corrected chi connectivity index (χ1v) is 3.66. The third kappa shape index (κ3) is 1.26. The largest absolute Gasteiger partial charge is 0.429 e. The number of nitrogens with one attached hydrogen (secondary N) is 1. The fraction of sp³-hybridized carbons (Fsp3) is 0.286. The number of carbonyl (C=O) groups is 2. The molecule has 2 heterocycles. The number of hydrogen-bond donors (Lipinski definition) is 1. The van der Waals surface area contributed by atoms with Gasteiger partial charge in [-0.05, 0) is 0 Å². The first kappa shape index (κ1) is 7.78. The molecule has 1 aliphatic rings. The van der Waals surface area contributed by atoms with Gasteiger partial charge in [-0.2, -0.15) is 0 Å². The summed E-state index contributed by atoms with van der Waals surface area (Å²) in [6.45, 7) is 0. The summed E-state index contributed by atoms with van der Waals surface area (Å²) in [5.41, 5.74) is 0.436. The van der Waals surface area contributed by atoms with Crippen molar-refractivity contribution in [2.75, 3.05) is 0 Å². The molecule has 1 aromatic heterocycles. The van der Waals surface area contributed by atoms with E-state index >= 15 is 0 Å². The standard InChI is InChI=1S/C7H7N3O3/c1-10-2-4(8-3-10)5-6(11)9-7(12)13-5/h2-3,5H,1H3,(H,9,11,12). The molecular weight excluding hydrogens is 174 g/mol. The average molecular weight is 181 g/mol. The molecule has 1 atom stereocenters. The number of amides is 2. The Hall–Kier alpha value is -1.85. The zero-order chi connectivity index (χ0) is 9.42.